The molecule has 70 valence electrons. The van der Waals surface area contributed by atoms with E-state index in [1.807, 2.05) is 0 Å². The Labute approximate surface area is 73.4 Å². The average molecular weight is 192 g/mol. The lowest BCUT2D eigenvalue weighted by atomic mass is 10.8. The second-order valence-corrected chi connectivity index (χ2v) is 2.54. The highest BCUT2D eigenvalue weighted by atomic mass is 28.1. The Kier molecular flexibility index (Phi) is 5.31. The first-order valence-corrected chi connectivity index (χ1v) is 4.93. The molecule has 0 heterocycles. The van der Waals surface area contributed by atoms with E-state index in [1.165, 1.54) is 13.8 Å². The predicted molar refractivity (Wildman–Crippen MR) is 43.2 cm³/mol. The molecule has 0 amide bonds. The van der Waals surface area contributed by atoms with Crippen LogP contribution in [0.15, 0.2) is 0 Å². The second-order valence-electron chi connectivity index (χ2n) is 1.96. The molecular formula is C6H12O5Si. The van der Waals surface area contributed by atoms with Gasteiger partial charge < -0.3 is 14.2 Å². The van der Waals surface area contributed by atoms with Crippen molar-refractivity contribution in [3.05, 3.63) is 0 Å². The maximum absolute atomic E-state index is 10.4. The van der Waals surface area contributed by atoms with E-state index in [0.29, 0.717) is 6.23 Å². The molecule has 0 bridgehead atoms. The fourth-order valence-corrected chi connectivity index (χ4v) is 0.771. The largest absolute Gasteiger partial charge is 0.400 e. The van der Waals surface area contributed by atoms with Gasteiger partial charge >= 0.3 is 18.4 Å². The van der Waals surface area contributed by atoms with Crippen LogP contribution in [0.3, 0.4) is 0 Å². The Morgan fingerprint density at radius 3 is 1.92 bits per heavy atom. The Morgan fingerprint density at radius 1 is 1.25 bits per heavy atom. The van der Waals surface area contributed by atoms with Crippen molar-refractivity contribution in [3.8, 4) is 0 Å². The van der Waals surface area contributed by atoms with Crippen LogP contribution in [0.25, 0.3) is 0 Å². The molecule has 0 aliphatic carbocycles. The summed E-state index contributed by atoms with van der Waals surface area (Å²) in [5.41, 5.74) is 0. The van der Waals surface area contributed by atoms with E-state index in [9.17, 15) is 9.59 Å². The van der Waals surface area contributed by atoms with E-state index in [4.69, 9.17) is 4.74 Å². The van der Waals surface area contributed by atoms with Gasteiger partial charge in [-0.25, -0.2) is 0 Å². The first-order valence-electron chi connectivity index (χ1n) is 3.52. The van der Waals surface area contributed by atoms with Gasteiger partial charge in [-0.15, -0.1) is 0 Å². The normalized spacial score (nSPS) is 9.92. The number of carbonyl (C=O) groups excluding carboxylic acids is 2. The average Bonchev–Trinajstić information content (AvgIpc) is 1.84. The van der Waals surface area contributed by atoms with Crippen LogP contribution in [0.1, 0.15) is 13.8 Å². The van der Waals surface area contributed by atoms with Crippen LogP contribution in [0.5, 0.6) is 0 Å². The standard InChI is InChI=1S/C6H12O5Si/c1-4(7)10-6(9-3-12)11-5(2)8/h6H,3H2,1-2,12H3. The van der Waals surface area contributed by atoms with Gasteiger partial charge in [0.1, 0.15) is 0 Å². The minimum atomic E-state index is -1.18. The molecular weight excluding hydrogens is 180 g/mol. The van der Waals surface area contributed by atoms with Gasteiger partial charge in [0.15, 0.2) is 0 Å². The Bertz CT molecular complexity index is 153. The number of hydrogen-bond acceptors (Lipinski definition) is 5. The minimum absolute atomic E-state index is 0.436. The van der Waals surface area contributed by atoms with Crippen molar-refractivity contribution in [1.29, 1.82) is 0 Å². The summed E-state index contributed by atoms with van der Waals surface area (Å²) in [6.07, 6.45) is 0.436. The zero-order chi connectivity index (χ0) is 9.56. The number of hydrogen-bond donors (Lipinski definition) is 0. The van der Waals surface area contributed by atoms with Crippen molar-refractivity contribution < 1.29 is 23.8 Å². The van der Waals surface area contributed by atoms with Gasteiger partial charge in [0.2, 0.25) is 0 Å². The summed E-state index contributed by atoms with van der Waals surface area (Å²) in [5.74, 6) is -1.09. The highest BCUT2D eigenvalue weighted by Crippen LogP contribution is 1.97. The van der Waals surface area contributed by atoms with E-state index >= 15 is 0 Å². The van der Waals surface area contributed by atoms with E-state index < -0.39 is 18.4 Å². The number of carbonyl (C=O) groups is 2. The van der Waals surface area contributed by atoms with E-state index in [-0.39, 0.29) is 0 Å². The van der Waals surface area contributed by atoms with Crippen LogP contribution in [-0.4, -0.2) is 34.9 Å². The van der Waals surface area contributed by atoms with Gasteiger partial charge in [-0.2, -0.15) is 0 Å². The Hall–Kier alpha value is -0.883. The first kappa shape index (κ1) is 11.1. The molecule has 0 aromatic carbocycles. The first-order chi connectivity index (χ1) is 5.56. The smallest absolute Gasteiger partial charge is 0.364 e. The molecule has 0 aliphatic heterocycles. The van der Waals surface area contributed by atoms with Crippen molar-refractivity contribution >= 4 is 22.2 Å². The van der Waals surface area contributed by atoms with E-state index in [0.717, 1.165) is 10.2 Å². The summed E-state index contributed by atoms with van der Waals surface area (Å²) in [7, 11) is 0.783. The van der Waals surface area contributed by atoms with Crippen LogP contribution in [0, 0.1) is 0 Å². The lowest BCUT2D eigenvalue weighted by molar-refractivity contribution is -0.257. The third kappa shape index (κ3) is 5.87. The van der Waals surface area contributed by atoms with Gasteiger partial charge in [0.25, 0.3) is 0 Å². The summed E-state index contributed by atoms with van der Waals surface area (Å²) in [6.45, 7) is 1.25. The molecule has 0 saturated carbocycles. The summed E-state index contributed by atoms with van der Waals surface area (Å²) in [5, 5.41) is 0. The SMILES string of the molecule is CC(=O)OC(OC[SiH3])OC(C)=O. The molecule has 0 aromatic rings. The highest BCUT2D eigenvalue weighted by molar-refractivity contribution is 6.08. The molecule has 0 radical (unpaired) electrons. The van der Waals surface area contributed by atoms with E-state index in [1.54, 1.807) is 0 Å². The van der Waals surface area contributed by atoms with Gasteiger partial charge in [-0.05, 0) is 0 Å². The molecule has 0 spiro atoms. The molecule has 0 N–H and O–H groups in total. The maximum atomic E-state index is 10.4. The van der Waals surface area contributed by atoms with Crippen LogP contribution in [0.2, 0.25) is 0 Å². The highest BCUT2D eigenvalue weighted by Gasteiger charge is 2.13. The summed E-state index contributed by atoms with van der Waals surface area (Å²) in [6, 6.07) is 0. The van der Waals surface area contributed by atoms with Crippen molar-refractivity contribution in [2.45, 2.75) is 20.3 Å². The van der Waals surface area contributed by atoms with Crippen molar-refractivity contribution in [3.63, 3.8) is 0 Å². The molecule has 6 heteroatoms. The summed E-state index contributed by atoms with van der Waals surface area (Å²) >= 11 is 0. The Morgan fingerprint density at radius 2 is 1.67 bits per heavy atom. The zero-order valence-corrected chi connectivity index (χ0v) is 9.33. The van der Waals surface area contributed by atoms with Gasteiger partial charge in [0, 0.05) is 30.3 Å². The fourth-order valence-electron chi connectivity index (χ4n) is 0.499. The maximum Gasteiger partial charge on any atom is 0.364 e. The van der Waals surface area contributed by atoms with Crippen LogP contribution in [-0.2, 0) is 23.8 Å². The third-order valence-corrected chi connectivity index (χ3v) is 1.16. The van der Waals surface area contributed by atoms with Gasteiger partial charge in [-0.3, -0.25) is 9.59 Å². The molecule has 0 unspecified atom stereocenters. The molecule has 0 atom stereocenters. The lowest BCUT2D eigenvalue weighted by Crippen LogP contribution is -2.25. The molecule has 0 fully saturated rings. The fraction of sp³-hybridized carbons (Fsp3) is 0.667. The van der Waals surface area contributed by atoms with Crippen LogP contribution in [0.4, 0.5) is 0 Å². The van der Waals surface area contributed by atoms with Gasteiger partial charge in [0.05, 0.1) is 0 Å². The van der Waals surface area contributed by atoms with Crippen molar-refractivity contribution in [2.24, 2.45) is 0 Å². The molecule has 0 aliphatic rings. The number of esters is 2. The number of ether oxygens (including phenoxy) is 3. The van der Waals surface area contributed by atoms with Crippen molar-refractivity contribution in [1.82, 2.24) is 0 Å². The van der Waals surface area contributed by atoms with Crippen LogP contribution >= 0.6 is 0 Å². The lowest BCUT2D eigenvalue weighted by Gasteiger charge is -2.15. The molecule has 5 nitrogen and oxygen atoms in total. The zero-order valence-electron chi connectivity index (χ0n) is 7.33. The molecule has 0 rings (SSSR count). The number of rotatable bonds is 4. The summed E-state index contributed by atoms with van der Waals surface area (Å²) < 4.78 is 13.9. The topological polar surface area (TPSA) is 61.8 Å². The van der Waals surface area contributed by atoms with Crippen molar-refractivity contribution in [2.75, 3.05) is 6.23 Å². The predicted octanol–water partition coefficient (Wildman–Crippen LogP) is -1.26. The second kappa shape index (κ2) is 5.73. The quantitative estimate of drug-likeness (QED) is 0.316. The van der Waals surface area contributed by atoms with E-state index in [2.05, 4.69) is 9.47 Å². The van der Waals surface area contributed by atoms with Gasteiger partial charge in [-0.1, -0.05) is 0 Å². The van der Waals surface area contributed by atoms with Crippen LogP contribution < -0.4 is 0 Å². The third-order valence-electron chi connectivity index (χ3n) is 0.827. The Balaban J connectivity index is 3.85. The molecule has 12 heavy (non-hydrogen) atoms. The minimum Gasteiger partial charge on any atom is -0.400 e. The molecule has 0 saturated heterocycles. The summed E-state index contributed by atoms with van der Waals surface area (Å²) in [4.78, 5) is 20.9. The monoisotopic (exact) mass is 192 g/mol. The molecule has 0 aromatic heterocycles.